The maximum absolute atomic E-state index is 6.23. The lowest BCUT2D eigenvalue weighted by Gasteiger charge is -2.15. The lowest BCUT2D eigenvalue weighted by atomic mass is 9.99. The van der Waals surface area contributed by atoms with Gasteiger partial charge in [-0.2, -0.15) is 4.37 Å². The van der Waals surface area contributed by atoms with Crippen LogP contribution in [0.4, 0.5) is 0 Å². The van der Waals surface area contributed by atoms with Crippen molar-refractivity contribution in [3.8, 4) is 22.1 Å². The molecule has 0 radical (unpaired) electrons. The van der Waals surface area contributed by atoms with Crippen molar-refractivity contribution in [1.82, 2.24) is 4.37 Å². The Morgan fingerprint density at radius 1 is 0.964 bits per heavy atom. The van der Waals surface area contributed by atoms with Crippen molar-refractivity contribution in [2.75, 3.05) is 7.11 Å². The monoisotopic (exact) mass is 395 g/mol. The Morgan fingerprint density at radius 3 is 2.36 bits per heavy atom. The number of aryl methyl sites for hydroxylation is 2. The highest BCUT2D eigenvalue weighted by atomic mass is 32.1. The molecule has 4 heteroatoms. The van der Waals surface area contributed by atoms with Crippen LogP contribution in [0, 0.1) is 13.8 Å². The second kappa shape index (κ2) is 9.24. The van der Waals surface area contributed by atoms with Crippen molar-refractivity contribution in [3.63, 3.8) is 0 Å². The normalized spacial score (nSPS) is 10.9. The average Bonchev–Trinajstić information content (AvgIpc) is 3.14. The Hall–Kier alpha value is -2.33. The van der Waals surface area contributed by atoms with Gasteiger partial charge in [-0.25, -0.2) is 0 Å². The van der Waals surface area contributed by atoms with Crippen LogP contribution in [0.1, 0.15) is 48.1 Å². The summed E-state index contributed by atoms with van der Waals surface area (Å²) in [5.41, 5.74) is 8.31. The minimum absolute atomic E-state index is 0.442. The Kier molecular flexibility index (Phi) is 6.74. The predicted molar refractivity (Wildman–Crippen MR) is 118 cm³/mol. The van der Waals surface area contributed by atoms with Crippen molar-refractivity contribution in [3.05, 3.63) is 64.2 Å². The first-order valence-electron chi connectivity index (χ1n) is 9.92. The second-order valence-corrected chi connectivity index (χ2v) is 7.80. The van der Waals surface area contributed by atoms with Gasteiger partial charge in [0, 0.05) is 17.1 Å². The summed E-state index contributed by atoms with van der Waals surface area (Å²) < 4.78 is 16.4. The van der Waals surface area contributed by atoms with Crippen molar-refractivity contribution in [1.29, 1.82) is 0 Å². The average molecular weight is 396 g/mol. The van der Waals surface area contributed by atoms with E-state index in [-0.39, 0.29) is 0 Å². The SMILES string of the molecule is CCCc1ccc(OCc2c(-c3ccc(CC)cc3)nsc2OC)c(C)c1C. The van der Waals surface area contributed by atoms with E-state index < -0.39 is 0 Å². The lowest BCUT2D eigenvalue weighted by Crippen LogP contribution is -2.02. The molecule has 2 aromatic carbocycles. The molecule has 3 rings (SSSR count). The van der Waals surface area contributed by atoms with Crippen molar-refractivity contribution in [2.45, 2.75) is 53.6 Å². The molecule has 0 amide bonds. The van der Waals surface area contributed by atoms with Gasteiger partial charge in [-0.3, -0.25) is 0 Å². The Balaban J connectivity index is 1.86. The topological polar surface area (TPSA) is 31.4 Å². The summed E-state index contributed by atoms with van der Waals surface area (Å²) in [5, 5.41) is 0.812. The van der Waals surface area contributed by atoms with Crippen molar-refractivity contribution in [2.24, 2.45) is 0 Å². The van der Waals surface area contributed by atoms with Crippen LogP contribution in [0.3, 0.4) is 0 Å². The maximum Gasteiger partial charge on any atom is 0.200 e. The third kappa shape index (κ3) is 4.22. The largest absolute Gasteiger partial charge is 0.488 e. The summed E-state index contributed by atoms with van der Waals surface area (Å²) in [5.74, 6) is 0.929. The lowest BCUT2D eigenvalue weighted by molar-refractivity contribution is 0.297. The Labute approximate surface area is 172 Å². The molecule has 0 aliphatic carbocycles. The second-order valence-electron chi connectivity index (χ2n) is 7.06. The highest BCUT2D eigenvalue weighted by molar-refractivity contribution is 7.08. The molecule has 0 saturated carbocycles. The van der Waals surface area contributed by atoms with Gasteiger partial charge in [-0.05, 0) is 55.0 Å². The molecule has 0 unspecified atom stereocenters. The molecular weight excluding hydrogens is 366 g/mol. The first kappa shape index (κ1) is 20.4. The summed E-state index contributed by atoms with van der Waals surface area (Å²) in [6, 6.07) is 12.9. The number of methoxy groups -OCH3 is 1. The standard InChI is InChI=1S/C24H29NO2S/c1-6-8-19-13-14-22(17(4)16(19)3)27-15-21-23(25-28-24(21)26-5)20-11-9-18(7-2)10-12-20/h9-14H,6-8,15H2,1-5H3. The molecule has 0 spiro atoms. The van der Waals surface area contributed by atoms with E-state index in [1.807, 2.05) is 0 Å². The smallest absolute Gasteiger partial charge is 0.200 e. The molecule has 148 valence electrons. The fraction of sp³-hybridized carbons (Fsp3) is 0.375. The van der Waals surface area contributed by atoms with Crippen LogP contribution < -0.4 is 9.47 Å². The molecule has 0 atom stereocenters. The van der Waals surface area contributed by atoms with E-state index in [0.717, 1.165) is 46.9 Å². The zero-order valence-corrected chi connectivity index (χ0v) is 18.3. The zero-order valence-electron chi connectivity index (χ0n) is 17.5. The van der Waals surface area contributed by atoms with Gasteiger partial charge < -0.3 is 9.47 Å². The van der Waals surface area contributed by atoms with Crippen LogP contribution in [0.15, 0.2) is 36.4 Å². The Bertz CT molecular complexity index is 929. The number of nitrogens with zero attached hydrogens (tertiary/aromatic N) is 1. The molecule has 28 heavy (non-hydrogen) atoms. The van der Waals surface area contributed by atoms with Crippen LogP contribution in [-0.2, 0) is 19.4 Å². The van der Waals surface area contributed by atoms with Crippen LogP contribution in [-0.4, -0.2) is 11.5 Å². The highest BCUT2D eigenvalue weighted by Crippen LogP contribution is 2.36. The quantitative estimate of drug-likeness (QED) is 0.434. The zero-order chi connectivity index (χ0) is 20.1. The number of ether oxygens (including phenoxy) is 2. The van der Waals surface area contributed by atoms with Gasteiger partial charge in [0.15, 0.2) is 5.06 Å². The molecule has 1 heterocycles. The summed E-state index contributed by atoms with van der Waals surface area (Å²) in [4.78, 5) is 0. The van der Waals surface area contributed by atoms with Gasteiger partial charge >= 0.3 is 0 Å². The molecule has 3 aromatic rings. The van der Waals surface area contributed by atoms with Gasteiger partial charge in [0.2, 0.25) is 0 Å². The number of rotatable bonds is 8. The molecule has 0 bridgehead atoms. The molecule has 3 nitrogen and oxygen atoms in total. The fourth-order valence-corrected chi connectivity index (χ4v) is 4.14. The molecule has 0 aliphatic heterocycles. The summed E-state index contributed by atoms with van der Waals surface area (Å²) in [7, 11) is 1.69. The summed E-state index contributed by atoms with van der Waals surface area (Å²) >= 11 is 1.38. The third-order valence-corrected chi connectivity index (χ3v) is 6.17. The van der Waals surface area contributed by atoms with E-state index in [2.05, 4.69) is 68.5 Å². The van der Waals surface area contributed by atoms with E-state index in [9.17, 15) is 0 Å². The van der Waals surface area contributed by atoms with Gasteiger partial charge in [-0.1, -0.05) is 50.6 Å². The molecular formula is C24H29NO2S. The van der Waals surface area contributed by atoms with Crippen LogP contribution in [0.5, 0.6) is 10.8 Å². The van der Waals surface area contributed by atoms with Crippen molar-refractivity contribution < 1.29 is 9.47 Å². The first-order valence-corrected chi connectivity index (χ1v) is 10.7. The van der Waals surface area contributed by atoms with Crippen LogP contribution in [0.2, 0.25) is 0 Å². The number of hydrogen-bond donors (Lipinski definition) is 0. The van der Waals surface area contributed by atoms with E-state index in [0.29, 0.717) is 6.61 Å². The minimum atomic E-state index is 0.442. The van der Waals surface area contributed by atoms with E-state index in [4.69, 9.17) is 9.47 Å². The number of benzene rings is 2. The summed E-state index contributed by atoms with van der Waals surface area (Å²) in [6.45, 7) is 9.13. The highest BCUT2D eigenvalue weighted by Gasteiger charge is 2.18. The van der Waals surface area contributed by atoms with E-state index in [1.54, 1.807) is 7.11 Å². The summed E-state index contributed by atoms with van der Waals surface area (Å²) in [6.07, 6.45) is 3.29. The molecule has 0 fully saturated rings. The van der Waals surface area contributed by atoms with E-state index in [1.165, 1.54) is 33.8 Å². The predicted octanol–water partition coefficient (Wildman–Crippen LogP) is 6.53. The minimum Gasteiger partial charge on any atom is -0.488 e. The van der Waals surface area contributed by atoms with E-state index >= 15 is 0 Å². The van der Waals surface area contributed by atoms with Gasteiger partial charge in [0.1, 0.15) is 12.4 Å². The van der Waals surface area contributed by atoms with Crippen LogP contribution >= 0.6 is 11.5 Å². The maximum atomic E-state index is 6.23. The third-order valence-electron chi connectivity index (χ3n) is 5.31. The van der Waals surface area contributed by atoms with Gasteiger partial charge in [0.25, 0.3) is 0 Å². The van der Waals surface area contributed by atoms with Crippen molar-refractivity contribution >= 4 is 11.5 Å². The number of hydrogen-bond acceptors (Lipinski definition) is 4. The van der Waals surface area contributed by atoms with Gasteiger partial charge in [-0.15, -0.1) is 0 Å². The molecule has 0 saturated heterocycles. The van der Waals surface area contributed by atoms with Gasteiger partial charge in [0.05, 0.1) is 18.4 Å². The molecule has 0 N–H and O–H groups in total. The molecule has 0 aliphatic rings. The van der Waals surface area contributed by atoms with Crippen LogP contribution in [0.25, 0.3) is 11.3 Å². The fourth-order valence-electron chi connectivity index (χ4n) is 3.41. The Morgan fingerprint density at radius 2 is 1.71 bits per heavy atom. The number of aromatic nitrogens is 1. The molecule has 1 aromatic heterocycles. The first-order chi connectivity index (χ1) is 13.6.